The molecule has 0 rings (SSSR count). The summed E-state index contributed by atoms with van der Waals surface area (Å²) in [6.45, 7) is 4.16. The highest BCUT2D eigenvalue weighted by atomic mass is 16.5. The van der Waals surface area contributed by atoms with Crippen molar-refractivity contribution in [3.63, 3.8) is 0 Å². The minimum absolute atomic E-state index is 0.0865. The van der Waals surface area contributed by atoms with Crippen LogP contribution in [0.1, 0.15) is 13.8 Å². The van der Waals surface area contributed by atoms with Crippen LogP contribution in [0.15, 0.2) is 0 Å². The van der Waals surface area contributed by atoms with E-state index in [1.165, 1.54) is 6.92 Å². The molecule has 0 radical (unpaired) electrons. The first-order chi connectivity index (χ1) is 7.47. The second-order valence-corrected chi connectivity index (χ2v) is 3.72. The summed E-state index contributed by atoms with van der Waals surface area (Å²) >= 11 is 0. The monoisotopic (exact) mass is 235 g/mol. The average Bonchev–Trinajstić information content (AvgIpc) is 2.23. The van der Waals surface area contributed by atoms with Gasteiger partial charge in [-0.15, -0.1) is 0 Å². The third-order valence-electron chi connectivity index (χ3n) is 2.00. The third kappa shape index (κ3) is 7.58. The van der Waals surface area contributed by atoms with Gasteiger partial charge in [-0.2, -0.15) is 0 Å². The highest BCUT2D eigenvalue weighted by molar-refractivity contribution is 5.72. The SMILES string of the molecule is COCC(C)OCC(O)CNC(C)C(=O)O. The van der Waals surface area contributed by atoms with Crippen LogP contribution in [0.3, 0.4) is 0 Å². The van der Waals surface area contributed by atoms with Crippen molar-refractivity contribution in [2.75, 3.05) is 26.9 Å². The number of aliphatic hydroxyl groups excluding tert-OH is 1. The molecule has 0 spiro atoms. The molecule has 0 bridgehead atoms. The van der Waals surface area contributed by atoms with E-state index in [-0.39, 0.29) is 19.3 Å². The minimum atomic E-state index is -0.944. The van der Waals surface area contributed by atoms with Crippen LogP contribution in [-0.2, 0) is 14.3 Å². The molecule has 0 fully saturated rings. The minimum Gasteiger partial charge on any atom is -0.480 e. The normalized spacial score (nSPS) is 16.8. The zero-order valence-corrected chi connectivity index (χ0v) is 9.97. The molecule has 3 unspecified atom stereocenters. The van der Waals surface area contributed by atoms with Gasteiger partial charge in [0.05, 0.1) is 25.4 Å². The number of hydrogen-bond donors (Lipinski definition) is 3. The van der Waals surface area contributed by atoms with Crippen molar-refractivity contribution in [3.05, 3.63) is 0 Å². The Bertz CT molecular complexity index is 200. The van der Waals surface area contributed by atoms with Gasteiger partial charge in [0, 0.05) is 13.7 Å². The van der Waals surface area contributed by atoms with E-state index in [9.17, 15) is 9.90 Å². The lowest BCUT2D eigenvalue weighted by molar-refractivity contribution is -0.139. The Morgan fingerprint density at radius 1 is 1.38 bits per heavy atom. The van der Waals surface area contributed by atoms with E-state index in [1.807, 2.05) is 6.92 Å². The Kier molecular flexibility index (Phi) is 8.10. The maximum absolute atomic E-state index is 10.5. The van der Waals surface area contributed by atoms with Gasteiger partial charge >= 0.3 is 5.97 Å². The van der Waals surface area contributed by atoms with Gasteiger partial charge in [-0.3, -0.25) is 4.79 Å². The van der Waals surface area contributed by atoms with E-state index in [2.05, 4.69) is 5.32 Å². The van der Waals surface area contributed by atoms with Crippen molar-refractivity contribution in [1.29, 1.82) is 0 Å². The fourth-order valence-corrected chi connectivity index (χ4v) is 1.02. The molecule has 0 aromatic heterocycles. The van der Waals surface area contributed by atoms with Gasteiger partial charge in [-0.05, 0) is 13.8 Å². The molecule has 3 atom stereocenters. The fourth-order valence-electron chi connectivity index (χ4n) is 1.02. The number of methoxy groups -OCH3 is 1. The topological polar surface area (TPSA) is 88.0 Å². The van der Waals surface area contributed by atoms with Gasteiger partial charge in [0.2, 0.25) is 0 Å². The molecule has 0 saturated carbocycles. The van der Waals surface area contributed by atoms with Crippen LogP contribution in [0.5, 0.6) is 0 Å². The standard InChI is InChI=1S/C10H21NO5/c1-7(5-15-3)16-6-9(12)4-11-8(2)10(13)14/h7-9,11-12H,4-6H2,1-3H3,(H,13,14). The van der Waals surface area contributed by atoms with Gasteiger partial charge in [0.15, 0.2) is 0 Å². The molecule has 3 N–H and O–H groups in total. The Morgan fingerprint density at radius 3 is 2.50 bits per heavy atom. The van der Waals surface area contributed by atoms with Gasteiger partial charge in [0.25, 0.3) is 0 Å². The van der Waals surface area contributed by atoms with Crippen LogP contribution < -0.4 is 5.32 Å². The van der Waals surface area contributed by atoms with Crippen LogP contribution in [0.4, 0.5) is 0 Å². The van der Waals surface area contributed by atoms with Crippen LogP contribution in [0.2, 0.25) is 0 Å². The van der Waals surface area contributed by atoms with Crippen LogP contribution in [-0.4, -0.2) is 61.3 Å². The van der Waals surface area contributed by atoms with Crippen molar-refractivity contribution in [3.8, 4) is 0 Å². The molecule has 0 amide bonds. The number of ether oxygens (including phenoxy) is 2. The molecule has 6 heteroatoms. The van der Waals surface area contributed by atoms with Crippen molar-refractivity contribution in [1.82, 2.24) is 5.32 Å². The van der Waals surface area contributed by atoms with Crippen molar-refractivity contribution >= 4 is 5.97 Å². The second kappa shape index (κ2) is 8.46. The number of carboxylic acid groups (broad SMARTS) is 1. The molecule has 0 aliphatic heterocycles. The third-order valence-corrected chi connectivity index (χ3v) is 2.00. The molecular formula is C10H21NO5. The van der Waals surface area contributed by atoms with Gasteiger partial charge < -0.3 is 25.0 Å². The van der Waals surface area contributed by atoms with Crippen molar-refractivity contribution in [2.24, 2.45) is 0 Å². The summed E-state index contributed by atoms with van der Waals surface area (Å²) in [5, 5.41) is 20.7. The van der Waals surface area contributed by atoms with Crippen molar-refractivity contribution < 1.29 is 24.5 Å². The summed E-state index contributed by atoms with van der Waals surface area (Å²) in [5.41, 5.74) is 0. The molecule has 0 aliphatic rings. The van der Waals surface area contributed by atoms with E-state index in [0.717, 1.165) is 0 Å². The fraction of sp³-hybridized carbons (Fsp3) is 0.900. The number of rotatable bonds is 9. The highest BCUT2D eigenvalue weighted by Crippen LogP contribution is 1.94. The summed E-state index contributed by atoms with van der Waals surface area (Å²) < 4.78 is 10.1. The van der Waals surface area contributed by atoms with Gasteiger partial charge in [0.1, 0.15) is 6.04 Å². The van der Waals surface area contributed by atoms with E-state index in [1.54, 1.807) is 7.11 Å². The Morgan fingerprint density at radius 2 is 2.00 bits per heavy atom. The molecule has 0 aliphatic carbocycles. The predicted molar refractivity (Wildman–Crippen MR) is 58.4 cm³/mol. The molecule has 16 heavy (non-hydrogen) atoms. The Balaban J connectivity index is 3.58. The lowest BCUT2D eigenvalue weighted by Crippen LogP contribution is -2.40. The summed E-state index contributed by atoms with van der Waals surface area (Å²) in [5.74, 6) is -0.944. The molecule has 0 aromatic rings. The maximum atomic E-state index is 10.5. The largest absolute Gasteiger partial charge is 0.480 e. The highest BCUT2D eigenvalue weighted by Gasteiger charge is 2.13. The quantitative estimate of drug-likeness (QED) is 0.497. The zero-order valence-electron chi connectivity index (χ0n) is 9.97. The van der Waals surface area contributed by atoms with E-state index < -0.39 is 18.1 Å². The van der Waals surface area contributed by atoms with E-state index in [0.29, 0.717) is 6.61 Å². The zero-order chi connectivity index (χ0) is 12.6. The molecule has 0 saturated heterocycles. The van der Waals surface area contributed by atoms with Crippen LogP contribution in [0, 0.1) is 0 Å². The Hall–Kier alpha value is -0.690. The predicted octanol–water partition coefficient (Wildman–Crippen LogP) is -0.538. The van der Waals surface area contributed by atoms with Crippen LogP contribution in [0.25, 0.3) is 0 Å². The molecule has 0 heterocycles. The van der Waals surface area contributed by atoms with Gasteiger partial charge in [-0.1, -0.05) is 0 Å². The average molecular weight is 235 g/mol. The summed E-state index contributed by atoms with van der Waals surface area (Å²) in [7, 11) is 1.58. The van der Waals surface area contributed by atoms with Crippen molar-refractivity contribution in [2.45, 2.75) is 32.1 Å². The number of aliphatic hydroxyl groups is 1. The van der Waals surface area contributed by atoms with E-state index in [4.69, 9.17) is 14.6 Å². The summed E-state index contributed by atoms with van der Waals surface area (Å²) in [6.07, 6.45) is -0.808. The molecular weight excluding hydrogens is 214 g/mol. The smallest absolute Gasteiger partial charge is 0.320 e. The first-order valence-corrected chi connectivity index (χ1v) is 5.22. The molecule has 96 valence electrons. The number of aliphatic carboxylic acids is 1. The van der Waals surface area contributed by atoms with Crippen LogP contribution >= 0.6 is 0 Å². The second-order valence-electron chi connectivity index (χ2n) is 3.72. The number of hydrogen-bond acceptors (Lipinski definition) is 5. The maximum Gasteiger partial charge on any atom is 0.320 e. The summed E-state index contributed by atoms with van der Waals surface area (Å²) in [6, 6.07) is -0.675. The first kappa shape index (κ1) is 15.3. The number of carbonyl (C=O) groups is 1. The van der Waals surface area contributed by atoms with E-state index >= 15 is 0 Å². The number of nitrogens with one attached hydrogen (secondary N) is 1. The molecule has 0 aromatic carbocycles. The lowest BCUT2D eigenvalue weighted by atomic mass is 10.3. The lowest BCUT2D eigenvalue weighted by Gasteiger charge is -2.17. The summed E-state index contributed by atoms with van der Waals surface area (Å²) in [4.78, 5) is 10.5. The van der Waals surface area contributed by atoms with Gasteiger partial charge in [-0.25, -0.2) is 0 Å². The first-order valence-electron chi connectivity index (χ1n) is 5.22. The number of carboxylic acids is 1. The Labute approximate surface area is 95.6 Å². The molecule has 6 nitrogen and oxygen atoms in total.